The Labute approximate surface area is 58.9 Å². The molecule has 56 valence electrons. The van der Waals surface area contributed by atoms with Crippen molar-refractivity contribution in [2.24, 2.45) is 0 Å². The molecule has 0 radical (unpaired) electrons. The van der Waals surface area contributed by atoms with Gasteiger partial charge in [-0.25, -0.2) is 0 Å². The van der Waals surface area contributed by atoms with Crippen LogP contribution in [-0.2, 0) is 0 Å². The SMILES string of the molecule is OCCC(O)c1ccoc1. The lowest BCUT2D eigenvalue weighted by atomic mass is 10.1. The molecule has 1 unspecified atom stereocenters. The third-order valence-corrected chi connectivity index (χ3v) is 1.33. The molecule has 0 fully saturated rings. The van der Waals surface area contributed by atoms with E-state index in [0.717, 1.165) is 0 Å². The number of hydrogen-bond donors (Lipinski definition) is 2. The molecule has 1 rings (SSSR count). The molecule has 0 saturated heterocycles. The van der Waals surface area contributed by atoms with E-state index in [0.29, 0.717) is 12.0 Å². The van der Waals surface area contributed by atoms with Gasteiger partial charge in [0.2, 0.25) is 0 Å². The van der Waals surface area contributed by atoms with E-state index in [-0.39, 0.29) is 6.61 Å². The molecule has 0 amide bonds. The summed E-state index contributed by atoms with van der Waals surface area (Å²) in [5.41, 5.74) is 0.717. The average Bonchev–Trinajstić information content (AvgIpc) is 2.38. The van der Waals surface area contributed by atoms with Gasteiger partial charge in [-0.15, -0.1) is 0 Å². The molecule has 3 nitrogen and oxygen atoms in total. The van der Waals surface area contributed by atoms with E-state index < -0.39 is 6.10 Å². The predicted octanol–water partition coefficient (Wildman–Crippen LogP) is 0.695. The van der Waals surface area contributed by atoms with Crippen LogP contribution in [0.15, 0.2) is 23.0 Å². The predicted molar refractivity (Wildman–Crippen MR) is 35.4 cm³/mol. The second kappa shape index (κ2) is 3.39. The van der Waals surface area contributed by atoms with Crippen LogP contribution in [0.3, 0.4) is 0 Å². The summed E-state index contributed by atoms with van der Waals surface area (Å²) >= 11 is 0. The maximum absolute atomic E-state index is 9.19. The van der Waals surface area contributed by atoms with Crippen molar-refractivity contribution in [3.05, 3.63) is 24.2 Å². The fraction of sp³-hybridized carbons (Fsp3) is 0.429. The number of aliphatic hydroxyl groups is 2. The van der Waals surface area contributed by atoms with Gasteiger partial charge in [0.05, 0.1) is 18.6 Å². The lowest BCUT2D eigenvalue weighted by Crippen LogP contribution is -1.97. The van der Waals surface area contributed by atoms with Gasteiger partial charge in [-0.3, -0.25) is 0 Å². The van der Waals surface area contributed by atoms with Crippen LogP contribution < -0.4 is 0 Å². The number of hydrogen-bond acceptors (Lipinski definition) is 3. The highest BCUT2D eigenvalue weighted by molar-refractivity contribution is 5.08. The molecule has 0 aliphatic carbocycles. The molecule has 0 aliphatic heterocycles. The van der Waals surface area contributed by atoms with Gasteiger partial charge in [0.1, 0.15) is 0 Å². The first-order chi connectivity index (χ1) is 4.84. The largest absolute Gasteiger partial charge is 0.472 e. The van der Waals surface area contributed by atoms with E-state index in [2.05, 4.69) is 0 Å². The Morgan fingerprint density at radius 1 is 1.60 bits per heavy atom. The third-order valence-electron chi connectivity index (χ3n) is 1.33. The van der Waals surface area contributed by atoms with E-state index in [1.54, 1.807) is 6.07 Å². The quantitative estimate of drug-likeness (QED) is 0.653. The number of aliphatic hydroxyl groups excluding tert-OH is 2. The normalized spacial score (nSPS) is 13.4. The summed E-state index contributed by atoms with van der Waals surface area (Å²) in [6, 6.07) is 1.68. The molecule has 0 bridgehead atoms. The van der Waals surface area contributed by atoms with Crippen LogP contribution in [0.2, 0.25) is 0 Å². The molecular formula is C7H10O3. The summed E-state index contributed by atoms with van der Waals surface area (Å²) in [7, 11) is 0. The Kier molecular flexibility index (Phi) is 2.48. The lowest BCUT2D eigenvalue weighted by Gasteiger charge is -2.03. The van der Waals surface area contributed by atoms with Crippen LogP contribution in [0.4, 0.5) is 0 Å². The fourth-order valence-corrected chi connectivity index (χ4v) is 0.754. The van der Waals surface area contributed by atoms with Gasteiger partial charge in [0.15, 0.2) is 0 Å². The Morgan fingerprint density at radius 2 is 2.40 bits per heavy atom. The minimum absolute atomic E-state index is 0.00759. The second-order valence-corrected chi connectivity index (χ2v) is 2.08. The first-order valence-electron chi connectivity index (χ1n) is 3.15. The molecule has 1 atom stereocenters. The smallest absolute Gasteiger partial charge is 0.0960 e. The van der Waals surface area contributed by atoms with Gasteiger partial charge >= 0.3 is 0 Å². The summed E-state index contributed by atoms with van der Waals surface area (Å²) < 4.78 is 4.74. The summed E-state index contributed by atoms with van der Waals surface area (Å²) in [5.74, 6) is 0. The number of furan rings is 1. The zero-order valence-corrected chi connectivity index (χ0v) is 5.53. The molecule has 0 aromatic carbocycles. The lowest BCUT2D eigenvalue weighted by molar-refractivity contribution is 0.134. The van der Waals surface area contributed by atoms with E-state index in [1.165, 1.54) is 12.5 Å². The highest BCUT2D eigenvalue weighted by Gasteiger charge is 2.06. The van der Waals surface area contributed by atoms with Gasteiger partial charge < -0.3 is 14.6 Å². The second-order valence-electron chi connectivity index (χ2n) is 2.08. The van der Waals surface area contributed by atoms with Crippen molar-refractivity contribution in [1.82, 2.24) is 0 Å². The van der Waals surface area contributed by atoms with Crippen LogP contribution in [-0.4, -0.2) is 16.8 Å². The molecule has 1 heterocycles. The molecule has 0 aliphatic rings. The van der Waals surface area contributed by atoms with Crippen LogP contribution in [0.5, 0.6) is 0 Å². The van der Waals surface area contributed by atoms with E-state index in [4.69, 9.17) is 9.52 Å². The Balaban J connectivity index is 2.50. The van der Waals surface area contributed by atoms with E-state index >= 15 is 0 Å². The molecule has 0 saturated carbocycles. The van der Waals surface area contributed by atoms with Crippen LogP contribution in [0.1, 0.15) is 18.1 Å². The van der Waals surface area contributed by atoms with Crippen molar-refractivity contribution in [1.29, 1.82) is 0 Å². The van der Waals surface area contributed by atoms with Crippen molar-refractivity contribution in [2.45, 2.75) is 12.5 Å². The van der Waals surface area contributed by atoms with Gasteiger partial charge in [-0.2, -0.15) is 0 Å². The third kappa shape index (κ3) is 1.59. The highest BCUT2D eigenvalue weighted by atomic mass is 16.3. The monoisotopic (exact) mass is 142 g/mol. The van der Waals surface area contributed by atoms with E-state index in [1.807, 2.05) is 0 Å². The molecule has 3 heteroatoms. The minimum atomic E-state index is -0.594. The van der Waals surface area contributed by atoms with Gasteiger partial charge in [0, 0.05) is 18.6 Å². The van der Waals surface area contributed by atoms with E-state index in [9.17, 15) is 5.11 Å². The minimum Gasteiger partial charge on any atom is -0.472 e. The van der Waals surface area contributed by atoms with Crippen LogP contribution in [0, 0.1) is 0 Å². The molecule has 2 N–H and O–H groups in total. The van der Waals surface area contributed by atoms with Crippen LogP contribution in [0.25, 0.3) is 0 Å². The van der Waals surface area contributed by atoms with Gasteiger partial charge in [-0.05, 0) is 6.07 Å². The summed E-state index contributed by atoms with van der Waals surface area (Å²) in [6.07, 6.45) is 2.74. The maximum atomic E-state index is 9.19. The van der Waals surface area contributed by atoms with Gasteiger partial charge in [-0.1, -0.05) is 0 Å². The molecule has 1 aromatic rings. The summed E-state index contributed by atoms with van der Waals surface area (Å²) in [4.78, 5) is 0. The average molecular weight is 142 g/mol. The van der Waals surface area contributed by atoms with Crippen molar-refractivity contribution in [2.75, 3.05) is 6.61 Å². The van der Waals surface area contributed by atoms with Crippen molar-refractivity contribution < 1.29 is 14.6 Å². The first kappa shape index (κ1) is 7.31. The van der Waals surface area contributed by atoms with Crippen LogP contribution >= 0.6 is 0 Å². The van der Waals surface area contributed by atoms with Gasteiger partial charge in [0.25, 0.3) is 0 Å². The number of rotatable bonds is 3. The Hall–Kier alpha value is -0.800. The topological polar surface area (TPSA) is 53.6 Å². The summed E-state index contributed by atoms with van der Waals surface area (Å²) in [6.45, 7) is -0.00759. The Bertz CT molecular complexity index is 169. The molecule has 10 heavy (non-hydrogen) atoms. The first-order valence-corrected chi connectivity index (χ1v) is 3.15. The standard InChI is InChI=1S/C7H10O3/c8-3-1-7(9)6-2-4-10-5-6/h2,4-5,7-9H,1,3H2. The van der Waals surface area contributed by atoms with Crippen molar-refractivity contribution >= 4 is 0 Å². The zero-order chi connectivity index (χ0) is 7.40. The highest BCUT2D eigenvalue weighted by Crippen LogP contribution is 2.15. The van der Waals surface area contributed by atoms with Crippen molar-refractivity contribution in [3.63, 3.8) is 0 Å². The van der Waals surface area contributed by atoms with Crippen molar-refractivity contribution in [3.8, 4) is 0 Å². The summed E-state index contributed by atoms with van der Waals surface area (Å²) in [5, 5.41) is 17.6. The molecule has 0 spiro atoms. The molecule has 1 aromatic heterocycles. The molecular weight excluding hydrogens is 132 g/mol. The fourth-order valence-electron chi connectivity index (χ4n) is 0.754. The Morgan fingerprint density at radius 3 is 2.90 bits per heavy atom. The zero-order valence-electron chi connectivity index (χ0n) is 5.53. The maximum Gasteiger partial charge on any atom is 0.0960 e.